The van der Waals surface area contributed by atoms with E-state index >= 15 is 0 Å². The highest BCUT2D eigenvalue weighted by molar-refractivity contribution is 7.88. The molecular formula is C13H24N2O5S. The number of amides is 1. The first kappa shape index (κ1) is 17.9. The predicted molar refractivity (Wildman–Crippen MR) is 78.3 cm³/mol. The summed E-state index contributed by atoms with van der Waals surface area (Å²) in [5.74, 6) is -1.20. The predicted octanol–water partition coefficient (Wildman–Crippen LogP) is 0.419. The lowest BCUT2D eigenvalue weighted by Gasteiger charge is -2.30. The van der Waals surface area contributed by atoms with Crippen molar-refractivity contribution in [2.75, 3.05) is 25.9 Å². The zero-order valence-electron chi connectivity index (χ0n) is 12.4. The van der Waals surface area contributed by atoms with Crippen molar-refractivity contribution in [3.05, 3.63) is 0 Å². The third-order valence-electron chi connectivity index (χ3n) is 3.59. The van der Waals surface area contributed by atoms with E-state index in [1.165, 1.54) is 4.31 Å². The number of rotatable bonds is 8. The van der Waals surface area contributed by atoms with Gasteiger partial charge in [-0.25, -0.2) is 12.7 Å². The van der Waals surface area contributed by atoms with Gasteiger partial charge in [0.2, 0.25) is 15.9 Å². The number of carbonyl (C=O) groups is 2. The number of hydrogen-bond acceptors (Lipinski definition) is 4. The Hall–Kier alpha value is -1.15. The molecule has 122 valence electrons. The van der Waals surface area contributed by atoms with Gasteiger partial charge < -0.3 is 10.4 Å². The quantitative estimate of drug-likeness (QED) is 0.631. The molecule has 0 spiro atoms. The van der Waals surface area contributed by atoms with E-state index in [4.69, 9.17) is 5.11 Å². The normalized spacial score (nSPS) is 20.1. The van der Waals surface area contributed by atoms with Crippen LogP contribution in [0.25, 0.3) is 0 Å². The van der Waals surface area contributed by atoms with E-state index < -0.39 is 16.0 Å². The minimum atomic E-state index is -3.24. The summed E-state index contributed by atoms with van der Waals surface area (Å²) in [6, 6.07) is 0. The van der Waals surface area contributed by atoms with Gasteiger partial charge in [0.25, 0.3) is 0 Å². The summed E-state index contributed by atoms with van der Waals surface area (Å²) in [5, 5.41) is 11.3. The van der Waals surface area contributed by atoms with Crippen LogP contribution in [-0.4, -0.2) is 55.6 Å². The number of carboxylic acid groups (broad SMARTS) is 1. The third kappa shape index (κ3) is 6.90. The van der Waals surface area contributed by atoms with E-state index in [1.807, 2.05) is 0 Å². The molecule has 8 heteroatoms. The Morgan fingerprint density at radius 3 is 2.62 bits per heavy atom. The Morgan fingerprint density at radius 2 is 2.00 bits per heavy atom. The highest BCUT2D eigenvalue weighted by atomic mass is 32.2. The fourth-order valence-corrected chi connectivity index (χ4v) is 3.30. The second-order valence-electron chi connectivity index (χ2n) is 5.46. The summed E-state index contributed by atoms with van der Waals surface area (Å²) in [4.78, 5) is 22.3. The second kappa shape index (κ2) is 8.33. The van der Waals surface area contributed by atoms with Crippen LogP contribution in [0, 0.1) is 5.92 Å². The van der Waals surface area contributed by atoms with Crippen molar-refractivity contribution in [1.29, 1.82) is 0 Å². The van der Waals surface area contributed by atoms with Crippen molar-refractivity contribution in [2.45, 2.75) is 38.5 Å². The van der Waals surface area contributed by atoms with E-state index in [0.717, 1.165) is 19.1 Å². The zero-order chi connectivity index (χ0) is 15.9. The average molecular weight is 320 g/mol. The Balaban J connectivity index is 2.24. The van der Waals surface area contributed by atoms with Crippen molar-refractivity contribution in [2.24, 2.45) is 5.92 Å². The van der Waals surface area contributed by atoms with Crippen LogP contribution in [0.1, 0.15) is 38.5 Å². The molecule has 0 bridgehead atoms. The first-order chi connectivity index (χ1) is 9.80. The number of unbranched alkanes of at least 4 members (excludes halogenated alkanes) is 2. The maximum Gasteiger partial charge on any atom is 0.303 e. The van der Waals surface area contributed by atoms with E-state index in [-0.39, 0.29) is 24.8 Å². The number of nitrogens with zero attached hydrogens (tertiary/aromatic N) is 1. The van der Waals surface area contributed by atoms with Crippen LogP contribution >= 0.6 is 0 Å². The second-order valence-corrected chi connectivity index (χ2v) is 7.44. The summed E-state index contributed by atoms with van der Waals surface area (Å²) >= 11 is 0. The van der Waals surface area contributed by atoms with E-state index in [9.17, 15) is 18.0 Å². The first-order valence-electron chi connectivity index (χ1n) is 7.25. The number of piperidine rings is 1. The van der Waals surface area contributed by atoms with Gasteiger partial charge in [0.1, 0.15) is 0 Å². The summed E-state index contributed by atoms with van der Waals surface area (Å²) in [6.45, 7) is 1.25. The van der Waals surface area contributed by atoms with Gasteiger partial charge in [0.15, 0.2) is 0 Å². The molecule has 0 aliphatic carbocycles. The molecule has 21 heavy (non-hydrogen) atoms. The van der Waals surface area contributed by atoms with Crippen LogP contribution in [0.5, 0.6) is 0 Å². The number of carboxylic acids is 1. The SMILES string of the molecule is CS(=O)(=O)N1CCCC(C(=O)NCCCCCC(=O)O)C1. The molecule has 0 aromatic heterocycles. The van der Waals surface area contributed by atoms with Gasteiger partial charge in [-0.05, 0) is 25.7 Å². The Kier molecular flexibility index (Phi) is 7.10. The molecule has 1 rings (SSSR count). The van der Waals surface area contributed by atoms with Crippen molar-refractivity contribution < 1.29 is 23.1 Å². The number of sulfonamides is 1. The maximum atomic E-state index is 12.0. The van der Waals surface area contributed by atoms with Gasteiger partial charge >= 0.3 is 5.97 Å². The Morgan fingerprint density at radius 1 is 1.29 bits per heavy atom. The topological polar surface area (TPSA) is 104 Å². The molecule has 7 nitrogen and oxygen atoms in total. The fourth-order valence-electron chi connectivity index (χ4n) is 2.39. The van der Waals surface area contributed by atoms with Gasteiger partial charge in [-0.1, -0.05) is 6.42 Å². The van der Waals surface area contributed by atoms with Crippen LogP contribution < -0.4 is 5.32 Å². The molecule has 1 amide bonds. The van der Waals surface area contributed by atoms with E-state index in [2.05, 4.69) is 5.32 Å². The van der Waals surface area contributed by atoms with E-state index in [0.29, 0.717) is 32.4 Å². The number of nitrogens with one attached hydrogen (secondary N) is 1. The Labute approximate surface area is 125 Å². The molecule has 1 fully saturated rings. The zero-order valence-corrected chi connectivity index (χ0v) is 13.2. The van der Waals surface area contributed by atoms with Crippen LogP contribution in [0.15, 0.2) is 0 Å². The number of hydrogen-bond donors (Lipinski definition) is 2. The van der Waals surface area contributed by atoms with Gasteiger partial charge in [-0.3, -0.25) is 9.59 Å². The van der Waals surface area contributed by atoms with Crippen molar-refractivity contribution in [3.8, 4) is 0 Å². The lowest BCUT2D eigenvalue weighted by Crippen LogP contribution is -2.45. The highest BCUT2D eigenvalue weighted by Gasteiger charge is 2.29. The summed E-state index contributed by atoms with van der Waals surface area (Å²) in [5.41, 5.74) is 0. The highest BCUT2D eigenvalue weighted by Crippen LogP contribution is 2.18. The van der Waals surface area contributed by atoms with Gasteiger partial charge in [-0.2, -0.15) is 0 Å². The van der Waals surface area contributed by atoms with Crippen LogP contribution in [-0.2, 0) is 19.6 Å². The minimum Gasteiger partial charge on any atom is -0.481 e. The first-order valence-corrected chi connectivity index (χ1v) is 9.10. The molecular weight excluding hydrogens is 296 g/mol. The molecule has 0 aromatic rings. The fraction of sp³-hybridized carbons (Fsp3) is 0.846. The van der Waals surface area contributed by atoms with Gasteiger partial charge in [-0.15, -0.1) is 0 Å². The molecule has 1 atom stereocenters. The van der Waals surface area contributed by atoms with Crippen molar-refractivity contribution in [3.63, 3.8) is 0 Å². The minimum absolute atomic E-state index is 0.110. The standard InChI is InChI=1S/C13H24N2O5S/c1-21(19,20)15-9-5-6-11(10-15)13(18)14-8-4-2-3-7-12(16)17/h11H,2-10H2,1H3,(H,14,18)(H,16,17). The van der Waals surface area contributed by atoms with Crippen LogP contribution in [0.3, 0.4) is 0 Å². The monoisotopic (exact) mass is 320 g/mol. The molecule has 1 heterocycles. The third-order valence-corrected chi connectivity index (χ3v) is 4.86. The number of aliphatic carboxylic acids is 1. The molecule has 0 radical (unpaired) electrons. The molecule has 1 aliphatic heterocycles. The van der Waals surface area contributed by atoms with Crippen molar-refractivity contribution >= 4 is 21.9 Å². The molecule has 1 aliphatic rings. The Bertz CT molecular complexity index is 463. The molecule has 1 unspecified atom stereocenters. The molecule has 0 aromatic carbocycles. The van der Waals surface area contributed by atoms with Crippen molar-refractivity contribution in [1.82, 2.24) is 9.62 Å². The lowest BCUT2D eigenvalue weighted by atomic mass is 9.99. The molecule has 0 saturated carbocycles. The van der Waals surface area contributed by atoms with E-state index in [1.54, 1.807) is 0 Å². The van der Waals surface area contributed by atoms with Gasteiger partial charge in [0.05, 0.1) is 12.2 Å². The summed E-state index contributed by atoms with van der Waals surface area (Å²) in [6.07, 6.45) is 4.82. The molecule has 1 saturated heterocycles. The average Bonchev–Trinajstić information content (AvgIpc) is 2.41. The van der Waals surface area contributed by atoms with Gasteiger partial charge in [0, 0.05) is 26.1 Å². The summed E-state index contributed by atoms with van der Waals surface area (Å²) < 4.78 is 24.3. The van der Waals surface area contributed by atoms with Crippen LogP contribution in [0.4, 0.5) is 0 Å². The van der Waals surface area contributed by atoms with Crippen LogP contribution in [0.2, 0.25) is 0 Å². The lowest BCUT2D eigenvalue weighted by molar-refractivity contribution is -0.137. The largest absolute Gasteiger partial charge is 0.481 e. The number of carbonyl (C=O) groups excluding carboxylic acids is 1. The summed E-state index contributed by atoms with van der Waals surface area (Å²) in [7, 11) is -3.24. The molecule has 2 N–H and O–H groups in total. The maximum absolute atomic E-state index is 12.0. The smallest absolute Gasteiger partial charge is 0.303 e.